The highest BCUT2D eigenvalue weighted by molar-refractivity contribution is 6.27. The molecule has 0 aliphatic rings. The number of hydrogen-bond donors (Lipinski definition) is 4. The Morgan fingerprint density at radius 2 is 1.72 bits per heavy atom. The van der Waals surface area contributed by atoms with Crippen molar-refractivity contribution >= 4 is 11.9 Å². The van der Waals surface area contributed by atoms with Crippen LogP contribution in [-0.4, -0.2) is 59.2 Å². The number of ether oxygens (including phenoxy) is 2. The Bertz CT molecular complexity index is 528. The summed E-state index contributed by atoms with van der Waals surface area (Å²) in [5, 5.41) is 27.8. The SMILES string of the molecule is COc1ccccc1COCC(O)CNC(C)(C)C.O=C(O)C(=O)O. The van der Waals surface area contributed by atoms with Gasteiger partial charge in [0.2, 0.25) is 0 Å². The van der Waals surface area contributed by atoms with Gasteiger partial charge in [-0.1, -0.05) is 18.2 Å². The maximum absolute atomic E-state index is 9.80. The molecule has 4 N–H and O–H groups in total. The molecule has 0 fully saturated rings. The molecule has 0 aliphatic carbocycles. The zero-order chi connectivity index (χ0) is 19.5. The third-order valence-corrected chi connectivity index (χ3v) is 2.81. The van der Waals surface area contributed by atoms with Gasteiger partial charge in [0, 0.05) is 17.6 Å². The lowest BCUT2D eigenvalue weighted by Crippen LogP contribution is -2.42. The number of β-amino-alcohol motifs (C(OH)–C–C–N with tert-alkyl or cyclic N) is 1. The highest BCUT2D eigenvalue weighted by Crippen LogP contribution is 2.17. The molecule has 0 heterocycles. The summed E-state index contributed by atoms with van der Waals surface area (Å²) >= 11 is 0. The Kier molecular flexibility index (Phi) is 10.4. The summed E-state index contributed by atoms with van der Waals surface area (Å²) < 4.78 is 10.8. The Labute approximate surface area is 147 Å². The normalized spacial score (nSPS) is 11.9. The summed E-state index contributed by atoms with van der Waals surface area (Å²) in [5.74, 6) is -2.84. The minimum absolute atomic E-state index is 0.00360. The zero-order valence-corrected chi connectivity index (χ0v) is 15.0. The number of aliphatic carboxylic acids is 2. The molecule has 1 atom stereocenters. The lowest BCUT2D eigenvalue weighted by atomic mass is 10.1. The van der Waals surface area contributed by atoms with Gasteiger partial charge in [-0.15, -0.1) is 0 Å². The number of para-hydroxylation sites is 1. The third-order valence-electron chi connectivity index (χ3n) is 2.81. The van der Waals surface area contributed by atoms with Crippen molar-refractivity contribution < 1.29 is 34.4 Å². The molecule has 0 aliphatic heterocycles. The van der Waals surface area contributed by atoms with Crippen molar-refractivity contribution in [2.45, 2.75) is 39.0 Å². The summed E-state index contributed by atoms with van der Waals surface area (Å²) in [5.41, 5.74) is 0.991. The second-order valence-electron chi connectivity index (χ2n) is 6.22. The number of methoxy groups -OCH3 is 1. The number of carboxylic acids is 2. The van der Waals surface area contributed by atoms with Crippen LogP contribution in [0.2, 0.25) is 0 Å². The molecule has 8 heteroatoms. The van der Waals surface area contributed by atoms with E-state index in [1.54, 1.807) is 7.11 Å². The Morgan fingerprint density at radius 1 is 1.16 bits per heavy atom. The first-order chi connectivity index (χ1) is 11.6. The molecule has 0 radical (unpaired) electrons. The first-order valence-electron chi connectivity index (χ1n) is 7.65. The number of carboxylic acid groups (broad SMARTS) is 2. The van der Waals surface area contributed by atoms with Gasteiger partial charge >= 0.3 is 11.9 Å². The van der Waals surface area contributed by atoms with Crippen LogP contribution in [0.3, 0.4) is 0 Å². The van der Waals surface area contributed by atoms with E-state index in [4.69, 9.17) is 29.3 Å². The lowest BCUT2D eigenvalue weighted by molar-refractivity contribution is -0.159. The van der Waals surface area contributed by atoms with Crippen molar-refractivity contribution in [3.05, 3.63) is 29.8 Å². The molecule has 142 valence electrons. The second kappa shape index (κ2) is 11.4. The van der Waals surface area contributed by atoms with Crippen molar-refractivity contribution in [2.24, 2.45) is 0 Å². The van der Waals surface area contributed by atoms with Crippen LogP contribution in [0.15, 0.2) is 24.3 Å². The van der Waals surface area contributed by atoms with Crippen molar-refractivity contribution in [1.29, 1.82) is 0 Å². The second-order valence-corrected chi connectivity index (χ2v) is 6.22. The van der Waals surface area contributed by atoms with Crippen LogP contribution in [0, 0.1) is 0 Å². The molecule has 0 bridgehead atoms. The standard InChI is InChI=1S/C15H25NO3.C2H2O4/c1-15(2,3)16-9-13(17)11-19-10-12-7-5-6-8-14(12)18-4;3-1(4)2(5)6/h5-8,13,16-17H,9-11H2,1-4H3;(H,3,4)(H,5,6). The summed E-state index contributed by atoms with van der Waals surface area (Å²) in [4.78, 5) is 18.2. The fourth-order valence-corrected chi connectivity index (χ4v) is 1.61. The van der Waals surface area contributed by atoms with Crippen molar-refractivity contribution in [3.63, 3.8) is 0 Å². The number of aliphatic hydroxyl groups is 1. The predicted molar refractivity (Wildman–Crippen MR) is 91.7 cm³/mol. The van der Waals surface area contributed by atoms with Gasteiger partial charge in [-0.3, -0.25) is 0 Å². The number of benzene rings is 1. The van der Waals surface area contributed by atoms with Gasteiger partial charge in [0.05, 0.1) is 26.4 Å². The molecule has 0 amide bonds. The van der Waals surface area contributed by atoms with Gasteiger partial charge in [-0.25, -0.2) is 9.59 Å². The third kappa shape index (κ3) is 11.9. The number of nitrogens with one attached hydrogen (secondary N) is 1. The summed E-state index contributed by atoms with van der Waals surface area (Å²) in [7, 11) is 1.64. The molecule has 1 rings (SSSR count). The maximum Gasteiger partial charge on any atom is 0.414 e. The van der Waals surface area contributed by atoms with Gasteiger partial charge in [0.1, 0.15) is 5.75 Å². The Morgan fingerprint density at radius 3 is 2.20 bits per heavy atom. The van der Waals surface area contributed by atoms with Crippen LogP contribution >= 0.6 is 0 Å². The quantitative estimate of drug-likeness (QED) is 0.535. The van der Waals surface area contributed by atoms with Crippen LogP contribution in [0.4, 0.5) is 0 Å². The van der Waals surface area contributed by atoms with E-state index in [2.05, 4.69) is 26.1 Å². The topological polar surface area (TPSA) is 125 Å². The Hall–Kier alpha value is -2.16. The lowest BCUT2D eigenvalue weighted by Gasteiger charge is -2.22. The maximum atomic E-state index is 9.80. The van der Waals surface area contributed by atoms with E-state index in [0.717, 1.165) is 11.3 Å². The van der Waals surface area contributed by atoms with Crippen LogP contribution in [0.5, 0.6) is 5.75 Å². The highest BCUT2D eigenvalue weighted by atomic mass is 16.5. The van der Waals surface area contributed by atoms with Crippen molar-refractivity contribution in [2.75, 3.05) is 20.3 Å². The minimum atomic E-state index is -1.82. The van der Waals surface area contributed by atoms with Gasteiger partial charge in [-0.05, 0) is 26.8 Å². The number of carbonyl (C=O) groups is 2. The van der Waals surface area contributed by atoms with Crippen LogP contribution in [0.25, 0.3) is 0 Å². The van der Waals surface area contributed by atoms with E-state index >= 15 is 0 Å². The fraction of sp³-hybridized carbons (Fsp3) is 0.529. The fourth-order valence-electron chi connectivity index (χ4n) is 1.61. The van der Waals surface area contributed by atoms with E-state index in [0.29, 0.717) is 19.8 Å². The van der Waals surface area contributed by atoms with E-state index in [1.165, 1.54) is 0 Å². The van der Waals surface area contributed by atoms with Gasteiger partial charge in [0.15, 0.2) is 0 Å². The van der Waals surface area contributed by atoms with E-state index in [-0.39, 0.29) is 5.54 Å². The van der Waals surface area contributed by atoms with E-state index in [1.807, 2.05) is 24.3 Å². The molecule has 1 aromatic rings. The average molecular weight is 357 g/mol. The van der Waals surface area contributed by atoms with E-state index in [9.17, 15) is 5.11 Å². The van der Waals surface area contributed by atoms with Crippen LogP contribution in [-0.2, 0) is 20.9 Å². The molecule has 1 unspecified atom stereocenters. The molecule has 8 nitrogen and oxygen atoms in total. The van der Waals surface area contributed by atoms with E-state index < -0.39 is 18.0 Å². The molecular formula is C17H27NO7. The highest BCUT2D eigenvalue weighted by Gasteiger charge is 2.12. The molecule has 0 aromatic heterocycles. The summed E-state index contributed by atoms with van der Waals surface area (Å²) in [6, 6.07) is 7.72. The number of hydrogen-bond acceptors (Lipinski definition) is 6. The van der Waals surface area contributed by atoms with Gasteiger partial charge < -0.3 is 30.1 Å². The summed E-state index contributed by atoms with van der Waals surface area (Å²) in [6.07, 6.45) is -0.506. The molecule has 1 aromatic carbocycles. The predicted octanol–water partition coefficient (Wildman–Crippen LogP) is 1.12. The number of aliphatic hydroxyl groups excluding tert-OH is 1. The monoisotopic (exact) mass is 357 g/mol. The van der Waals surface area contributed by atoms with Crippen molar-refractivity contribution in [1.82, 2.24) is 5.32 Å². The number of rotatable bonds is 7. The molecule has 0 spiro atoms. The molecular weight excluding hydrogens is 330 g/mol. The molecule has 0 saturated heterocycles. The molecule has 0 saturated carbocycles. The molecule has 25 heavy (non-hydrogen) atoms. The smallest absolute Gasteiger partial charge is 0.414 e. The van der Waals surface area contributed by atoms with Gasteiger partial charge in [0.25, 0.3) is 0 Å². The Balaban J connectivity index is 0.000000823. The summed E-state index contributed by atoms with van der Waals surface area (Å²) in [6.45, 7) is 7.47. The first-order valence-corrected chi connectivity index (χ1v) is 7.65. The largest absolute Gasteiger partial charge is 0.496 e. The van der Waals surface area contributed by atoms with Crippen LogP contribution < -0.4 is 10.1 Å². The zero-order valence-electron chi connectivity index (χ0n) is 15.0. The van der Waals surface area contributed by atoms with Crippen molar-refractivity contribution in [3.8, 4) is 5.75 Å². The minimum Gasteiger partial charge on any atom is -0.496 e. The van der Waals surface area contributed by atoms with Crippen LogP contribution in [0.1, 0.15) is 26.3 Å². The average Bonchev–Trinajstić information content (AvgIpc) is 2.53. The first kappa shape index (κ1) is 22.8. The van der Waals surface area contributed by atoms with Gasteiger partial charge in [-0.2, -0.15) is 0 Å².